The van der Waals surface area contributed by atoms with Crippen molar-refractivity contribution in [2.24, 2.45) is 4.99 Å². The molecule has 2 N–H and O–H groups in total. The number of nitrogens with zero attached hydrogens (tertiary/aromatic N) is 3. The third kappa shape index (κ3) is 11.4. The Morgan fingerprint density at radius 2 is 1.02 bits per heavy atom. The zero-order valence-electron chi connectivity index (χ0n) is 34.6. The zero-order valence-corrected chi connectivity index (χ0v) is 34.6. The van der Waals surface area contributed by atoms with Gasteiger partial charge in [0.2, 0.25) is 0 Å². The van der Waals surface area contributed by atoms with Crippen LogP contribution in [0.5, 0.6) is 0 Å². The van der Waals surface area contributed by atoms with Gasteiger partial charge in [0.15, 0.2) is 5.78 Å². The molecule has 0 aliphatic carbocycles. The van der Waals surface area contributed by atoms with Crippen molar-refractivity contribution in [2.75, 3.05) is 38.8 Å². The molecule has 0 saturated carbocycles. The number of aliphatic carboxylic acids is 1. The number of rotatable bonds is 10. The molecule has 54 heavy (non-hydrogen) atoms. The summed E-state index contributed by atoms with van der Waals surface area (Å²) in [6.45, 7) is 19.5. The van der Waals surface area contributed by atoms with E-state index in [2.05, 4.69) is 102 Å². The SMILES string of the molecule is CC(C(=O)[O-])c1cccc(C(=O)c2ccccc2)c1.CC(C)c1cccc(C(C)C)c1NC(=NC(N(C)C)=[N+](C)C)Nc1c(C(C)C)cccc1C(C)C. The van der Waals surface area contributed by atoms with Crippen LogP contribution in [0.4, 0.5) is 11.4 Å². The molecule has 0 saturated heterocycles. The summed E-state index contributed by atoms with van der Waals surface area (Å²) in [5.74, 6) is 1.14. The Morgan fingerprint density at radius 1 is 0.611 bits per heavy atom. The molecule has 0 spiro atoms. The summed E-state index contributed by atoms with van der Waals surface area (Å²) in [7, 11) is 8.11. The summed E-state index contributed by atoms with van der Waals surface area (Å²) in [5.41, 5.74) is 9.11. The first-order valence-electron chi connectivity index (χ1n) is 18.9. The molecule has 0 aromatic heterocycles. The van der Waals surface area contributed by atoms with Crippen LogP contribution < -0.4 is 15.7 Å². The first-order chi connectivity index (χ1) is 25.4. The fraction of sp³-hybridized carbons (Fsp3) is 0.391. The number of anilines is 2. The lowest BCUT2D eigenvalue weighted by molar-refractivity contribution is -0.470. The average molecular weight is 732 g/mol. The zero-order chi connectivity index (χ0) is 40.3. The molecular weight excluding hydrogens is 671 g/mol. The van der Waals surface area contributed by atoms with Gasteiger partial charge in [0.25, 0.3) is 5.96 Å². The molecule has 0 aliphatic heterocycles. The maximum atomic E-state index is 12.2. The number of hydrogen-bond donors (Lipinski definition) is 2. The van der Waals surface area contributed by atoms with Gasteiger partial charge in [-0.15, -0.1) is 0 Å². The van der Waals surface area contributed by atoms with Crippen molar-refractivity contribution in [3.8, 4) is 0 Å². The van der Waals surface area contributed by atoms with Crippen LogP contribution in [-0.2, 0) is 4.79 Å². The topological polar surface area (TPSA) is 99.9 Å². The molecule has 4 aromatic carbocycles. The fourth-order valence-electron chi connectivity index (χ4n) is 6.26. The van der Waals surface area contributed by atoms with E-state index in [0.29, 0.717) is 40.4 Å². The lowest BCUT2D eigenvalue weighted by Crippen LogP contribution is -2.33. The maximum absolute atomic E-state index is 12.2. The minimum Gasteiger partial charge on any atom is -0.550 e. The second kappa shape index (κ2) is 19.7. The summed E-state index contributed by atoms with van der Waals surface area (Å²) in [6, 6.07) is 28.8. The fourth-order valence-corrected chi connectivity index (χ4v) is 6.26. The Hall–Kier alpha value is -5.24. The summed E-state index contributed by atoms with van der Waals surface area (Å²) in [4.78, 5) is 30.3. The predicted octanol–water partition coefficient (Wildman–Crippen LogP) is 9.02. The summed E-state index contributed by atoms with van der Waals surface area (Å²) in [6.07, 6.45) is 0. The monoisotopic (exact) mass is 731 g/mol. The maximum Gasteiger partial charge on any atom is 0.392 e. The number of guanidine groups is 2. The van der Waals surface area contributed by atoms with E-state index in [4.69, 9.17) is 4.99 Å². The van der Waals surface area contributed by atoms with Crippen LogP contribution in [0.15, 0.2) is 96.0 Å². The smallest absolute Gasteiger partial charge is 0.392 e. The van der Waals surface area contributed by atoms with E-state index < -0.39 is 11.9 Å². The number of nitrogens with one attached hydrogen (secondary N) is 2. The van der Waals surface area contributed by atoms with Crippen LogP contribution in [0.3, 0.4) is 0 Å². The molecule has 0 amide bonds. The normalized spacial score (nSPS) is 11.5. The minimum atomic E-state index is -1.15. The van der Waals surface area contributed by atoms with Gasteiger partial charge in [-0.05, 0) is 62.5 Å². The van der Waals surface area contributed by atoms with E-state index in [9.17, 15) is 14.7 Å². The molecule has 8 nitrogen and oxygen atoms in total. The molecule has 4 aromatic rings. The van der Waals surface area contributed by atoms with Crippen LogP contribution in [0.1, 0.15) is 136 Å². The molecule has 8 heteroatoms. The van der Waals surface area contributed by atoms with Gasteiger partial charge in [-0.25, -0.2) is 0 Å². The number of carboxylic acids is 1. The number of carboxylic acid groups (broad SMARTS) is 1. The average Bonchev–Trinajstić information content (AvgIpc) is 3.13. The molecule has 1 unspecified atom stereocenters. The van der Waals surface area contributed by atoms with Gasteiger partial charge in [0.05, 0.1) is 28.2 Å². The first-order valence-corrected chi connectivity index (χ1v) is 18.9. The molecule has 0 heterocycles. The molecule has 0 fully saturated rings. The minimum absolute atomic E-state index is 0.118. The number of carbonyl (C=O) groups excluding carboxylic acids is 2. The molecule has 0 bridgehead atoms. The highest BCUT2D eigenvalue weighted by atomic mass is 16.4. The van der Waals surface area contributed by atoms with E-state index in [0.717, 1.165) is 23.3 Å². The summed E-state index contributed by atoms with van der Waals surface area (Å²) in [5, 5.41) is 18.4. The second-order valence-electron chi connectivity index (χ2n) is 15.4. The number of hydrogen-bond acceptors (Lipinski definition) is 3. The number of para-hydroxylation sites is 2. The van der Waals surface area contributed by atoms with E-state index >= 15 is 0 Å². The van der Waals surface area contributed by atoms with Gasteiger partial charge in [-0.2, -0.15) is 0 Å². The Labute approximate surface area is 324 Å². The highest BCUT2D eigenvalue weighted by Crippen LogP contribution is 2.35. The van der Waals surface area contributed by atoms with Crippen molar-refractivity contribution in [3.05, 3.63) is 130 Å². The molecule has 0 aliphatic rings. The molecular formula is C46H61N5O3. The summed E-state index contributed by atoms with van der Waals surface area (Å²) >= 11 is 0. The lowest BCUT2D eigenvalue weighted by Gasteiger charge is -2.24. The van der Waals surface area contributed by atoms with Crippen LogP contribution >= 0.6 is 0 Å². The lowest BCUT2D eigenvalue weighted by atomic mass is 9.92. The molecule has 1 atom stereocenters. The van der Waals surface area contributed by atoms with E-state index in [1.807, 2.05) is 43.7 Å². The third-order valence-electron chi connectivity index (χ3n) is 9.28. The Bertz CT molecular complexity index is 1820. The van der Waals surface area contributed by atoms with Gasteiger partial charge in [-0.3, -0.25) is 14.3 Å². The van der Waals surface area contributed by atoms with Crippen LogP contribution in [0, 0.1) is 0 Å². The van der Waals surface area contributed by atoms with Gasteiger partial charge >= 0.3 is 5.96 Å². The third-order valence-corrected chi connectivity index (χ3v) is 9.28. The quantitative estimate of drug-likeness (QED) is 0.0731. The number of benzene rings is 4. The van der Waals surface area contributed by atoms with Crippen molar-refractivity contribution in [2.45, 2.75) is 91.9 Å². The van der Waals surface area contributed by atoms with Crippen molar-refractivity contribution in [3.63, 3.8) is 0 Å². The Kier molecular flexibility index (Phi) is 15.8. The van der Waals surface area contributed by atoms with Crippen LogP contribution in [0.25, 0.3) is 0 Å². The number of carbonyl (C=O) groups is 2. The largest absolute Gasteiger partial charge is 0.550 e. The van der Waals surface area contributed by atoms with Crippen LogP contribution in [0.2, 0.25) is 0 Å². The molecule has 288 valence electrons. The highest BCUT2D eigenvalue weighted by molar-refractivity contribution is 6.10. The van der Waals surface area contributed by atoms with Crippen molar-refractivity contribution in [1.82, 2.24) is 4.90 Å². The standard InChI is InChI=1S/C30H47N5.C16H14O3/c1-19(2)23-15-13-16-24(20(3)4)27(23)31-29(33-30(34(9)10)35(11)12)32-28-25(21(5)6)17-14-18-26(28)22(7)8;1-11(16(18)19)13-8-5-9-14(10-13)15(17)12-6-3-2-4-7-12/h13-22H,1-12H3,(H,31,32);2-11H,1H3,(H,18,19). The predicted molar refractivity (Wildman–Crippen MR) is 224 cm³/mol. The van der Waals surface area contributed by atoms with Crippen molar-refractivity contribution < 1.29 is 19.3 Å². The van der Waals surface area contributed by atoms with Gasteiger partial charge in [0, 0.05) is 34.4 Å². The second-order valence-corrected chi connectivity index (χ2v) is 15.4. The summed E-state index contributed by atoms with van der Waals surface area (Å²) < 4.78 is 2.04. The van der Waals surface area contributed by atoms with Gasteiger partial charge < -0.3 is 20.5 Å². The first kappa shape index (κ1) is 43.2. The van der Waals surface area contributed by atoms with Gasteiger partial charge in [-0.1, -0.05) is 147 Å². The number of aliphatic imine (C=N–C) groups is 1. The van der Waals surface area contributed by atoms with Crippen molar-refractivity contribution >= 4 is 35.0 Å². The Morgan fingerprint density at radius 3 is 1.39 bits per heavy atom. The number of ketones is 1. The Balaban J connectivity index is 0.000000345. The molecule has 4 rings (SSSR count). The highest BCUT2D eigenvalue weighted by Gasteiger charge is 2.23. The van der Waals surface area contributed by atoms with Crippen molar-refractivity contribution in [1.29, 1.82) is 0 Å². The van der Waals surface area contributed by atoms with E-state index in [1.54, 1.807) is 55.5 Å². The van der Waals surface area contributed by atoms with E-state index in [1.165, 1.54) is 22.3 Å². The van der Waals surface area contributed by atoms with Gasteiger partial charge in [0.1, 0.15) is 0 Å². The molecule has 0 radical (unpaired) electrons. The van der Waals surface area contributed by atoms with E-state index in [-0.39, 0.29) is 5.78 Å². The van der Waals surface area contributed by atoms with Crippen LogP contribution in [-0.4, -0.2) is 61.3 Å².